The van der Waals surface area contributed by atoms with Crippen LogP contribution in [0.25, 0.3) is 5.69 Å². The maximum atomic E-state index is 12.6. The van der Waals surface area contributed by atoms with Crippen LogP contribution in [0, 0.1) is 0 Å². The lowest BCUT2D eigenvalue weighted by atomic mass is 10.0. The summed E-state index contributed by atoms with van der Waals surface area (Å²) in [6, 6.07) is 13.8. The molecule has 0 aliphatic carbocycles. The zero-order chi connectivity index (χ0) is 17.2. The van der Waals surface area contributed by atoms with Crippen LogP contribution >= 0.6 is 0 Å². The van der Waals surface area contributed by atoms with Crippen LogP contribution in [0.1, 0.15) is 25.3 Å². The topological polar surface area (TPSA) is 89.8 Å². The van der Waals surface area contributed by atoms with Crippen molar-refractivity contribution in [3.63, 3.8) is 0 Å². The molecule has 2 aromatic carbocycles. The predicted molar refractivity (Wildman–Crippen MR) is 90.5 cm³/mol. The summed E-state index contributed by atoms with van der Waals surface area (Å²) < 4.78 is 29.3. The van der Waals surface area contributed by atoms with E-state index in [4.69, 9.17) is 0 Å². The van der Waals surface area contributed by atoms with E-state index in [1.165, 1.54) is 11.0 Å². The first kappa shape index (κ1) is 16.1. The molecule has 0 atom stereocenters. The number of nitrogens with zero attached hydrogens (tertiary/aromatic N) is 4. The van der Waals surface area contributed by atoms with Gasteiger partial charge in [-0.1, -0.05) is 38.1 Å². The molecular formula is C16H17N5O2S. The normalized spacial score (nSPS) is 11.6. The SMILES string of the molecule is CC(C)c1ccc(S(=O)(=O)Nc2ccccc2-n2cnnn2)cc1. The number of para-hydroxylation sites is 2. The van der Waals surface area contributed by atoms with E-state index >= 15 is 0 Å². The molecule has 8 heteroatoms. The number of aromatic nitrogens is 4. The largest absolute Gasteiger partial charge is 0.277 e. The van der Waals surface area contributed by atoms with Gasteiger partial charge in [-0.2, -0.15) is 4.68 Å². The smallest absolute Gasteiger partial charge is 0.261 e. The highest BCUT2D eigenvalue weighted by molar-refractivity contribution is 7.92. The number of hydrogen-bond donors (Lipinski definition) is 1. The highest BCUT2D eigenvalue weighted by Crippen LogP contribution is 2.23. The van der Waals surface area contributed by atoms with Gasteiger partial charge in [0.2, 0.25) is 0 Å². The van der Waals surface area contributed by atoms with Gasteiger partial charge in [-0.3, -0.25) is 4.72 Å². The van der Waals surface area contributed by atoms with Crippen molar-refractivity contribution in [2.24, 2.45) is 0 Å². The van der Waals surface area contributed by atoms with Gasteiger partial charge >= 0.3 is 0 Å². The lowest BCUT2D eigenvalue weighted by Gasteiger charge is -2.12. The van der Waals surface area contributed by atoms with E-state index in [0.717, 1.165) is 5.56 Å². The Morgan fingerprint density at radius 1 is 1.04 bits per heavy atom. The van der Waals surface area contributed by atoms with Gasteiger partial charge in [0.05, 0.1) is 16.3 Å². The molecule has 0 fully saturated rings. The molecule has 1 heterocycles. The fourth-order valence-corrected chi connectivity index (χ4v) is 3.34. The van der Waals surface area contributed by atoms with Gasteiger partial charge in [-0.05, 0) is 46.2 Å². The molecule has 1 aromatic heterocycles. The highest BCUT2D eigenvalue weighted by atomic mass is 32.2. The molecule has 0 bridgehead atoms. The second-order valence-electron chi connectivity index (χ2n) is 5.60. The second kappa shape index (κ2) is 6.40. The Hall–Kier alpha value is -2.74. The molecule has 0 spiro atoms. The third-order valence-electron chi connectivity index (χ3n) is 3.60. The Bertz CT molecular complexity index is 919. The third kappa shape index (κ3) is 3.28. The average Bonchev–Trinajstić information content (AvgIpc) is 3.09. The Labute approximate surface area is 140 Å². The summed E-state index contributed by atoms with van der Waals surface area (Å²) in [6.45, 7) is 4.12. The molecule has 1 N–H and O–H groups in total. The van der Waals surface area contributed by atoms with E-state index in [0.29, 0.717) is 17.3 Å². The average molecular weight is 343 g/mol. The van der Waals surface area contributed by atoms with E-state index in [9.17, 15) is 8.42 Å². The lowest BCUT2D eigenvalue weighted by molar-refractivity contribution is 0.601. The van der Waals surface area contributed by atoms with Crippen molar-refractivity contribution in [1.82, 2.24) is 20.2 Å². The van der Waals surface area contributed by atoms with Crippen molar-refractivity contribution >= 4 is 15.7 Å². The van der Waals surface area contributed by atoms with Crippen LogP contribution in [0.3, 0.4) is 0 Å². The fraction of sp³-hybridized carbons (Fsp3) is 0.188. The van der Waals surface area contributed by atoms with Crippen molar-refractivity contribution < 1.29 is 8.42 Å². The number of benzene rings is 2. The minimum absolute atomic E-state index is 0.207. The standard InChI is InChI=1S/C16H17N5O2S/c1-12(2)13-7-9-14(10-8-13)24(22,23)18-15-5-3-4-6-16(15)21-11-17-19-20-21/h3-12,18H,1-2H3. The molecule has 0 saturated heterocycles. The summed E-state index contributed by atoms with van der Waals surface area (Å²) in [6.07, 6.45) is 1.41. The molecule has 3 aromatic rings. The van der Waals surface area contributed by atoms with Crippen LogP contribution in [0.15, 0.2) is 59.8 Å². The molecule has 3 rings (SSSR count). The van der Waals surface area contributed by atoms with Crippen LogP contribution in [0.2, 0.25) is 0 Å². The van der Waals surface area contributed by atoms with Crippen LogP contribution in [-0.2, 0) is 10.0 Å². The van der Waals surface area contributed by atoms with E-state index in [-0.39, 0.29) is 4.90 Å². The second-order valence-corrected chi connectivity index (χ2v) is 7.28. The molecule has 0 aliphatic rings. The third-order valence-corrected chi connectivity index (χ3v) is 4.98. The van der Waals surface area contributed by atoms with Gasteiger partial charge in [0.1, 0.15) is 6.33 Å². The summed E-state index contributed by atoms with van der Waals surface area (Å²) >= 11 is 0. The van der Waals surface area contributed by atoms with E-state index < -0.39 is 10.0 Å². The van der Waals surface area contributed by atoms with Gasteiger partial charge in [-0.25, -0.2) is 8.42 Å². The minimum atomic E-state index is -3.70. The van der Waals surface area contributed by atoms with Crippen LogP contribution in [0.4, 0.5) is 5.69 Å². The molecule has 0 unspecified atom stereocenters. The van der Waals surface area contributed by atoms with Crippen LogP contribution in [0.5, 0.6) is 0 Å². The summed E-state index contributed by atoms with van der Waals surface area (Å²) in [5.74, 6) is 0.343. The number of tetrazole rings is 1. The van der Waals surface area contributed by atoms with Gasteiger partial charge in [0.15, 0.2) is 0 Å². The molecular weight excluding hydrogens is 326 g/mol. The molecule has 0 radical (unpaired) electrons. The molecule has 0 amide bonds. The van der Waals surface area contributed by atoms with E-state index in [1.807, 2.05) is 12.1 Å². The Morgan fingerprint density at radius 2 is 1.75 bits per heavy atom. The number of nitrogens with one attached hydrogen (secondary N) is 1. The molecule has 0 saturated carbocycles. The maximum Gasteiger partial charge on any atom is 0.261 e. The highest BCUT2D eigenvalue weighted by Gasteiger charge is 2.17. The summed E-state index contributed by atoms with van der Waals surface area (Å²) in [7, 11) is -3.70. The first-order valence-corrected chi connectivity index (χ1v) is 8.91. The number of rotatable bonds is 5. The zero-order valence-electron chi connectivity index (χ0n) is 13.3. The van der Waals surface area contributed by atoms with Crippen LogP contribution < -0.4 is 4.72 Å². The predicted octanol–water partition coefficient (Wildman–Crippen LogP) is 2.59. The van der Waals surface area contributed by atoms with E-state index in [2.05, 4.69) is 34.1 Å². The molecule has 24 heavy (non-hydrogen) atoms. The van der Waals surface area contributed by atoms with E-state index in [1.54, 1.807) is 36.4 Å². The minimum Gasteiger partial charge on any atom is -0.277 e. The molecule has 7 nitrogen and oxygen atoms in total. The van der Waals surface area contributed by atoms with Crippen LogP contribution in [-0.4, -0.2) is 28.6 Å². The number of anilines is 1. The van der Waals surface area contributed by atoms with Gasteiger partial charge in [0, 0.05) is 0 Å². The maximum absolute atomic E-state index is 12.6. The molecule has 124 valence electrons. The van der Waals surface area contributed by atoms with Crippen molar-refractivity contribution in [1.29, 1.82) is 0 Å². The summed E-state index contributed by atoms with van der Waals surface area (Å²) in [5.41, 5.74) is 2.03. The van der Waals surface area contributed by atoms with Crippen molar-refractivity contribution in [2.75, 3.05) is 4.72 Å². The summed E-state index contributed by atoms with van der Waals surface area (Å²) in [4.78, 5) is 0.207. The first-order valence-electron chi connectivity index (χ1n) is 7.42. The van der Waals surface area contributed by atoms with Crippen molar-refractivity contribution in [2.45, 2.75) is 24.7 Å². The Balaban J connectivity index is 1.93. The Morgan fingerprint density at radius 3 is 2.38 bits per heavy atom. The van der Waals surface area contributed by atoms with Crippen molar-refractivity contribution in [3.8, 4) is 5.69 Å². The van der Waals surface area contributed by atoms with Gasteiger partial charge < -0.3 is 0 Å². The Kier molecular flexibility index (Phi) is 4.30. The summed E-state index contributed by atoms with van der Waals surface area (Å²) in [5, 5.41) is 11.0. The first-order chi connectivity index (χ1) is 11.5. The van der Waals surface area contributed by atoms with Gasteiger partial charge in [-0.15, -0.1) is 5.10 Å². The quantitative estimate of drug-likeness (QED) is 0.769. The van der Waals surface area contributed by atoms with Crippen molar-refractivity contribution in [3.05, 3.63) is 60.4 Å². The zero-order valence-corrected chi connectivity index (χ0v) is 14.1. The number of hydrogen-bond acceptors (Lipinski definition) is 5. The number of sulfonamides is 1. The lowest BCUT2D eigenvalue weighted by Crippen LogP contribution is -2.15. The monoisotopic (exact) mass is 343 g/mol. The fourth-order valence-electron chi connectivity index (χ4n) is 2.27. The van der Waals surface area contributed by atoms with Gasteiger partial charge in [0.25, 0.3) is 10.0 Å². The molecule has 0 aliphatic heterocycles.